The molecule has 51 heavy (non-hydrogen) atoms. The predicted octanol–water partition coefficient (Wildman–Crippen LogP) is 13.4. The van der Waals surface area contributed by atoms with Crippen molar-refractivity contribution in [3.8, 4) is 33.4 Å². The standard InChI is InChI=1S/C50H37N/c1-50(2)43-25-13-11-23-39(43)40-31-29-36(32-44(40)50)51(45-26-14-12-21-37(45)33-16-5-3-6-17-33)46-27-15-24-41-47(35-19-7-4-8-20-35)49-38-22-10-9-18-34(38)28-30-42(49)48(41)46/h3-32,47H,1-2H3. The molecule has 2 aliphatic rings. The topological polar surface area (TPSA) is 3.24 Å². The van der Waals surface area contributed by atoms with Crippen LogP contribution in [-0.4, -0.2) is 0 Å². The predicted molar refractivity (Wildman–Crippen MR) is 214 cm³/mol. The average Bonchev–Trinajstić information content (AvgIpc) is 3.65. The fourth-order valence-corrected chi connectivity index (χ4v) is 9.02. The number of nitrogens with zero attached hydrogens (tertiary/aromatic N) is 1. The lowest BCUT2D eigenvalue weighted by Gasteiger charge is -2.31. The van der Waals surface area contributed by atoms with Crippen molar-refractivity contribution >= 4 is 27.8 Å². The lowest BCUT2D eigenvalue weighted by molar-refractivity contribution is 0.660. The van der Waals surface area contributed by atoms with Crippen molar-refractivity contribution in [2.24, 2.45) is 0 Å². The van der Waals surface area contributed by atoms with Crippen molar-refractivity contribution in [3.05, 3.63) is 210 Å². The van der Waals surface area contributed by atoms with Gasteiger partial charge in [-0.05, 0) is 85.1 Å². The summed E-state index contributed by atoms with van der Waals surface area (Å²) in [6, 6.07) is 67.3. The van der Waals surface area contributed by atoms with Crippen LogP contribution < -0.4 is 4.90 Å². The fraction of sp³-hybridized carbons (Fsp3) is 0.0800. The smallest absolute Gasteiger partial charge is 0.0543 e. The van der Waals surface area contributed by atoms with Gasteiger partial charge >= 0.3 is 0 Å². The highest BCUT2D eigenvalue weighted by Gasteiger charge is 2.38. The third kappa shape index (κ3) is 4.48. The molecule has 2 aliphatic carbocycles. The molecule has 0 amide bonds. The van der Waals surface area contributed by atoms with E-state index in [4.69, 9.17) is 0 Å². The van der Waals surface area contributed by atoms with E-state index in [0.29, 0.717) is 0 Å². The van der Waals surface area contributed by atoms with Crippen LogP contribution in [0, 0.1) is 0 Å². The van der Waals surface area contributed by atoms with Gasteiger partial charge in [0.05, 0.1) is 11.4 Å². The zero-order valence-electron chi connectivity index (χ0n) is 28.8. The second-order valence-electron chi connectivity index (χ2n) is 14.5. The third-order valence-electron chi connectivity index (χ3n) is 11.3. The van der Waals surface area contributed by atoms with E-state index in [0.717, 1.165) is 11.4 Å². The Balaban J connectivity index is 1.28. The Morgan fingerprint density at radius 3 is 1.96 bits per heavy atom. The van der Waals surface area contributed by atoms with Gasteiger partial charge in [0.15, 0.2) is 0 Å². The fourth-order valence-electron chi connectivity index (χ4n) is 9.02. The SMILES string of the molecule is CC1(C)c2ccccc2-c2ccc(N(c3ccccc3-c3ccccc3)c3cccc4c3-c3ccc5ccccc5c3C4c3ccccc3)cc21. The molecule has 8 aromatic rings. The first-order valence-corrected chi connectivity index (χ1v) is 18.0. The highest BCUT2D eigenvalue weighted by Crippen LogP contribution is 2.57. The van der Waals surface area contributed by atoms with Crippen LogP contribution in [0.3, 0.4) is 0 Å². The maximum absolute atomic E-state index is 2.53. The van der Waals surface area contributed by atoms with Crippen LogP contribution in [0.5, 0.6) is 0 Å². The summed E-state index contributed by atoms with van der Waals surface area (Å²) < 4.78 is 0. The van der Waals surface area contributed by atoms with E-state index in [1.54, 1.807) is 0 Å². The van der Waals surface area contributed by atoms with Crippen LogP contribution >= 0.6 is 0 Å². The lowest BCUT2D eigenvalue weighted by atomic mass is 9.82. The number of rotatable bonds is 5. The molecule has 242 valence electrons. The molecular weight excluding hydrogens is 615 g/mol. The van der Waals surface area contributed by atoms with E-state index in [2.05, 4.69) is 201 Å². The van der Waals surface area contributed by atoms with Crippen molar-refractivity contribution < 1.29 is 0 Å². The van der Waals surface area contributed by atoms with Gasteiger partial charge in [-0.2, -0.15) is 0 Å². The van der Waals surface area contributed by atoms with Gasteiger partial charge in [0.25, 0.3) is 0 Å². The summed E-state index contributed by atoms with van der Waals surface area (Å²) in [5.41, 5.74) is 17.9. The molecule has 8 aromatic carbocycles. The summed E-state index contributed by atoms with van der Waals surface area (Å²) >= 11 is 0. The van der Waals surface area contributed by atoms with Gasteiger partial charge in [0, 0.05) is 28.1 Å². The van der Waals surface area contributed by atoms with Crippen LogP contribution in [0.25, 0.3) is 44.2 Å². The zero-order chi connectivity index (χ0) is 34.1. The van der Waals surface area contributed by atoms with E-state index in [9.17, 15) is 0 Å². The van der Waals surface area contributed by atoms with E-state index >= 15 is 0 Å². The summed E-state index contributed by atoms with van der Waals surface area (Å²) in [5, 5.41) is 2.59. The molecule has 0 aliphatic heterocycles. The van der Waals surface area contributed by atoms with Gasteiger partial charge in [0.1, 0.15) is 0 Å². The molecule has 0 heterocycles. The Labute approximate surface area is 300 Å². The highest BCUT2D eigenvalue weighted by molar-refractivity contribution is 6.03. The lowest BCUT2D eigenvalue weighted by Crippen LogP contribution is -2.17. The van der Waals surface area contributed by atoms with Gasteiger partial charge in [-0.15, -0.1) is 0 Å². The highest BCUT2D eigenvalue weighted by atomic mass is 15.1. The Morgan fingerprint density at radius 2 is 1.12 bits per heavy atom. The van der Waals surface area contributed by atoms with Crippen LogP contribution in [0.1, 0.15) is 47.6 Å². The zero-order valence-corrected chi connectivity index (χ0v) is 28.8. The van der Waals surface area contributed by atoms with Gasteiger partial charge < -0.3 is 4.90 Å². The van der Waals surface area contributed by atoms with Crippen molar-refractivity contribution in [3.63, 3.8) is 0 Å². The van der Waals surface area contributed by atoms with Gasteiger partial charge in [0.2, 0.25) is 0 Å². The van der Waals surface area contributed by atoms with Gasteiger partial charge in [-0.1, -0.05) is 172 Å². The first kappa shape index (κ1) is 29.7. The van der Waals surface area contributed by atoms with Crippen LogP contribution in [0.2, 0.25) is 0 Å². The van der Waals surface area contributed by atoms with Crippen LogP contribution in [0.4, 0.5) is 17.1 Å². The molecule has 1 heteroatoms. The first-order valence-electron chi connectivity index (χ1n) is 18.0. The Morgan fingerprint density at radius 1 is 0.471 bits per heavy atom. The van der Waals surface area contributed by atoms with Crippen LogP contribution in [0.15, 0.2) is 182 Å². The second kappa shape index (κ2) is 11.4. The van der Waals surface area contributed by atoms with Crippen molar-refractivity contribution in [2.75, 3.05) is 4.90 Å². The summed E-state index contributed by atoms with van der Waals surface area (Å²) in [6.07, 6.45) is 0. The molecule has 0 saturated carbocycles. The molecule has 1 atom stereocenters. The minimum atomic E-state index is -0.116. The van der Waals surface area contributed by atoms with Gasteiger partial charge in [-0.3, -0.25) is 0 Å². The monoisotopic (exact) mass is 651 g/mol. The maximum atomic E-state index is 2.53. The quantitative estimate of drug-likeness (QED) is 0.179. The molecule has 0 N–H and O–H groups in total. The minimum absolute atomic E-state index is 0.116. The Bertz CT molecular complexity index is 2610. The largest absolute Gasteiger partial charge is 0.309 e. The van der Waals surface area contributed by atoms with E-state index < -0.39 is 0 Å². The van der Waals surface area contributed by atoms with Crippen molar-refractivity contribution in [1.82, 2.24) is 0 Å². The summed E-state index contributed by atoms with van der Waals surface area (Å²) in [7, 11) is 0. The van der Waals surface area contributed by atoms with E-state index in [-0.39, 0.29) is 11.3 Å². The van der Waals surface area contributed by atoms with E-state index in [1.165, 1.54) is 77.7 Å². The molecule has 1 unspecified atom stereocenters. The Hall–Kier alpha value is -6.18. The molecule has 10 rings (SSSR count). The molecule has 0 saturated heterocycles. The minimum Gasteiger partial charge on any atom is -0.309 e. The molecule has 0 radical (unpaired) electrons. The number of hydrogen-bond donors (Lipinski definition) is 0. The number of hydrogen-bond acceptors (Lipinski definition) is 1. The second-order valence-corrected chi connectivity index (χ2v) is 14.5. The van der Waals surface area contributed by atoms with Gasteiger partial charge in [-0.25, -0.2) is 0 Å². The molecule has 0 bridgehead atoms. The number of fused-ring (bicyclic) bond motifs is 8. The number of para-hydroxylation sites is 1. The Kier molecular flexibility index (Phi) is 6.66. The normalized spacial score (nSPS) is 14.8. The molecular formula is C50H37N. The summed E-state index contributed by atoms with van der Waals surface area (Å²) in [5.74, 6) is 0.127. The number of benzene rings is 8. The molecule has 0 spiro atoms. The van der Waals surface area contributed by atoms with Crippen molar-refractivity contribution in [1.29, 1.82) is 0 Å². The van der Waals surface area contributed by atoms with Crippen molar-refractivity contribution in [2.45, 2.75) is 25.2 Å². The summed E-state index contributed by atoms with van der Waals surface area (Å²) in [4.78, 5) is 2.53. The average molecular weight is 652 g/mol. The maximum Gasteiger partial charge on any atom is 0.0543 e. The molecule has 0 aromatic heterocycles. The molecule has 0 fully saturated rings. The number of anilines is 3. The molecule has 1 nitrogen and oxygen atoms in total. The first-order chi connectivity index (χ1) is 25.1. The van der Waals surface area contributed by atoms with Crippen LogP contribution in [-0.2, 0) is 5.41 Å². The summed E-state index contributed by atoms with van der Waals surface area (Å²) in [6.45, 7) is 4.74. The van der Waals surface area contributed by atoms with E-state index in [1.807, 2.05) is 0 Å². The third-order valence-corrected chi connectivity index (χ3v) is 11.3.